The molecule has 0 saturated carbocycles. The topological polar surface area (TPSA) is 17.1 Å². The molecule has 0 rings (SSSR count). The number of hydrogen-bond acceptors (Lipinski definition) is 1. The third-order valence-electron chi connectivity index (χ3n) is 1.09. The highest BCUT2D eigenvalue weighted by molar-refractivity contribution is 5.88. The zero-order valence-corrected chi connectivity index (χ0v) is 6.19. The van der Waals surface area contributed by atoms with Crippen LogP contribution in [0.5, 0.6) is 0 Å². The molecule has 1 nitrogen and oxygen atoms in total. The van der Waals surface area contributed by atoms with Gasteiger partial charge in [-0.25, -0.2) is 0 Å². The fraction of sp³-hybridized carbons (Fsp3) is 0.375. The molecule has 0 aliphatic heterocycles. The van der Waals surface area contributed by atoms with Crippen LogP contribution in [-0.2, 0) is 4.79 Å². The van der Waals surface area contributed by atoms with Gasteiger partial charge in [-0.3, -0.25) is 4.79 Å². The molecule has 0 bridgehead atoms. The Bertz CT molecular complexity index is 163. The lowest BCUT2D eigenvalue weighted by Gasteiger charge is -1.94. The van der Waals surface area contributed by atoms with E-state index < -0.39 is 0 Å². The van der Waals surface area contributed by atoms with Gasteiger partial charge in [0.05, 0.1) is 0 Å². The first-order chi connectivity index (χ1) is 4.04. The molecule has 0 aliphatic rings. The second kappa shape index (κ2) is 3.23. The summed E-state index contributed by atoms with van der Waals surface area (Å²) < 4.78 is 0. The van der Waals surface area contributed by atoms with Crippen molar-refractivity contribution in [1.82, 2.24) is 0 Å². The summed E-state index contributed by atoms with van der Waals surface area (Å²) in [5.41, 5.74) is 1.91. The average molecular weight is 124 g/mol. The van der Waals surface area contributed by atoms with Crippen molar-refractivity contribution >= 4 is 5.78 Å². The fourth-order valence-electron chi connectivity index (χ4n) is 0.428. The second-order valence-electron chi connectivity index (χ2n) is 2.22. The van der Waals surface area contributed by atoms with Gasteiger partial charge < -0.3 is 0 Å². The van der Waals surface area contributed by atoms with E-state index in [1.165, 1.54) is 6.92 Å². The SMILES string of the molecule is C=C(C)/C(C)=C\C(C)=O. The van der Waals surface area contributed by atoms with E-state index in [1.54, 1.807) is 6.08 Å². The zero-order chi connectivity index (χ0) is 7.44. The third-order valence-corrected chi connectivity index (χ3v) is 1.09. The van der Waals surface area contributed by atoms with E-state index in [9.17, 15) is 4.79 Å². The molecular weight excluding hydrogens is 112 g/mol. The van der Waals surface area contributed by atoms with E-state index in [0.717, 1.165) is 11.1 Å². The summed E-state index contributed by atoms with van der Waals surface area (Å²) in [6, 6.07) is 0. The number of rotatable bonds is 2. The van der Waals surface area contributed by atoms with Gasteiger partial charge >= 0.3 is 0 Å². The maximum atomic E-state index is 10.4. The summed E-state index contributed by atoms with van der Waals surface area (Å²) in [6.07, 6.45) is 1.59. The van der Waals surface area contributed by atoms with Gasteiger partial charge in [-0.2, -0.15) is 0 Å². The quantitative estimate of drug-likeness (QED) is 0.407. The van der Waals surface area contributed by atoms with Crippen LogP contribution < -0.4 is 0 Å². The van der Waals surface area contributed by atoms with Crippen molar-refractivity contribution in [1.29, 1.82) is 0 Å². The molecule has 0 amide bonds. The first kappa shape index (κ1) is 8.15. The van der Waals surface area contributed by atoms with E-state index >= 15 is 0 Å². The van der Waals surface area contributed by atoms with Gasteiger partial charge in [-0.15, -0.1) is 0 Å². The molecule has 0 aromatic rings. The van der Waals surface area contributed by atoms with Crippen LogP contribution >= 0.6 is 0 Å². The Balaban J connectivity index is 4.17. The molecule has 0 aromatic heterocycles. The average Bonchev–Trinajstić information content (AvgIpc) is 1.63. The number of allylic oxidation sites excluding steroid dienone is 3. The van der Waals surface area contributed by atoms with Crippen molar-refractivity contribution in [2.75, 3.05) is 0 Å². The minimum Gasteiger partial charge on any atom is -0.295 e. The Morgan fingerprint density at radius 1 is 1.33 bits per heavy atom. The van der Waals surface area contributed by atoms with Crippen LogP contribution in [-0.4, -0.2) is 5.78 Å². The van der Waals surface area contributed by atoms with Crippen LogP contribution in [0.4, 0.5) is 0 Å². The number of carbonyl (C=O) groups is 1. The summed E-state index contributed by atoms with van der Waals surface area (Å²) in [7, 11) is 0. The highest BCUT2D eigenvalue weighted by Crippen LogP contribution is 2.03. The minimum atomic E-state index is 0.0792. The van der Waals surface area contributed by atoms with E-state index in [1.807, 2.05) is 13.8 Å². The molecule has 0 spiro atoms. The number of hydrogen-bond donors (Lipinski definition) is 0. The van der Waals surface area contributed by atoms with Crippen LogP contribution in [0.15, 0.2) is 23.8 Å². The van der Waals surface area contributed by atoms with Crippen molar-refractivity contribution in [3.05, 3.63) is 23.8 Å². The van der Waals surface area contributed by atoms with E-state index in [-0.39, 0.29) is 5.78 Å². The molecule has 0 heterocycles. The first-order valence-corrected chi connectivity index (χ1v) is 2.89. The summed E-state index contributed by atoms with van der Waals surface area (Å²) in [5.74, 6) is 0.0792. The smallest absolute Gasteiger partial charge is 0.152 e. The molecule has 0 unspecified atom stereocenters. The van der Waals surface area contributed by atoms with Crippen molar-refractivity contribution in [2.24, 2.45) is 0 Å². The van der Waals surface area contributed by atoms with Gasteiger partial charge in [0.15, 0.2) is 5.78 Å². The van der Waals surface area contributed by atoms with Crippen LogP contribution in [0, 0.1) is 0 Å². The maximum Gasteiger partial charge on any atom is 0.152 e. The van der Waals surface area contributed by atoms with Crippen molar-refractivity contribution in [3.8, 4) is 0 Å². The molecule has 50 valence electrons. The molecule has 0 atom stereocenters. The summed E-state index contributed by atoms with van der Waals surface area (Å²) in [5, 5.41) is 0. The number of ketones is 1. The van der Waals surface area contributed by atoms with Gasteiger partial charge in [0.2, 0.25) is 0 Å². The van der Waals surface area contributed by atoms with E-state index in [4.69, 9.17) is 0 Å². The Kier molecular flexibility index (Phi) is 2.93. The third kappa shape index (κ3) is 3.71. The fourth-order valence-corrected chi connectivity index (χ4v) is 0.428. The van der Waals surface area contributed by atoms with Crippen LogP contribution in [0.25, 0.3) is 0 Å². The van der Waals surface area contributed by atoms with Crippen LogP contribution in [0.1, 0.15) is 20.8 Å². The molecule has 9 heavy (non-hydrogen) atoms. The standard InChI is InChI=1S/C8H12O/c1-6(2)7(3)5-8(4)9/h5H,1H2,2-4H3/b7-5-. The molecule has 0 N–H and O–H groups in total. The maximum absolute atomic E-state index is 10.4. The Hall–Kier alpha value is -0.850. The van der Waals surface area contributed by atoms with Crippen molar-refractivity contribution < 1.29 is 4.79 Å². The van der Waals surface area contributed by atoms with E-state index in [2.05, 4.69) is 6.58 Å². The van der Waals surface area contributed by atoms with Crippen molar-refractivity contribution in [3.63, 3.8) is 0 Å². The Labute approximate surface area is 56.1 Å². The molecule has 1 heteroatoms. The highest BCUT2D eigenvalue weighted by atomic mass is 16.1. The molecule has 0 radical (unpaired) electrons. The lowest BCUT2D eigenvalue weighted by molar-refractivity contribution is -0.112. The van der Waals surface area contributed by atoms with Crippen LogP contribution in [0.2, 0.25) is 0 Å². The predicted octanol–water partition coefficient (Wildman–Crippen LogP) is 2.10. The lowest BCUT2D eigenvalue weighted by Crippen LogP contribution is -1.85. The van der Waals surface area contributed by atoms with Gasteiger partial charge in [0.25, 0.3) is 0 Å². The van der Waals surface area contributed by atoms with Crippen LogP contribution in [0.3, 0.4) is 0 Å². The monoisotopic (exact) mass is 124 g/mol. The molecule has 0 fully saturated rings. The summed E-state index contributed by atoms with van der Waals surface area (Å²) >= 11 is 0. The van der Waals surface area contributed by atoms with Gasteiger partial charge in [-0.1, -0.05) is 12.2 Å². The van der Waals surface area contributed by atoms with Gasteiger partial charge in [0.1, 0.15) is 0 Å². The largest absolute Gasteiger partial charge is 0.295 e. The predicted molar refractivity (Wildman–Crippen MR) is 39.3 cm³/mol. The lowest BCUT2D eigenvalue weighted by atomic mass is 10.1. The first-order valence-electron chi connectivity index (χ1n) is 2.89. The molecule has 0 aliphatic carbocycles. The van der Waals surface area contributed by atoms with E-state index in [0.29, 0.717) is 0 Å². The molecular formula is C8H12O. The summed E-state index contributed by atoms with van der Waals surface area (Å²) in [6.45, 7) is 8.98. The summed E-state index contributed by atoms with van der Waals surface area (Å²) in [4.78, 5) is 10.4. The van der Waals surface area contributed by atoms with Gasteiger partial charge in [-0.05, 0) is 32.4 Å². The van der Waals surface area contributed by atoms with Gasteiger partial charge in [0, 0.05) is 0 Å². The minimum absolute atomic E-state index is 0.0792. The zero-order valence-electron chi connectivity index (χ0n) is 6.19. The normalized spacial score (nSPS) is 11.2. The highest BCUT2D eigenvalue weighted by Gasteiger charge is 1.89. The second-order valence-corrected chi connectivity index (χ2v) is 2.22. The number of carbonyl (C=O) groups excluding carboxylic acids is 1. The Morgan fingerprint density at radius 2 is 1.78 bits per heavy atom. The Morgan fingerprint density at radius 3 is 1.89 bits per heavy atom. The molecule has 0 saturated heterocycles. The molecule has 0 aromatic carbocycles. The van der Waals surface area contributed by atoms with Crippen molar-refractivity contribution in [2.45, 2.75) is 20.8 Å².